The van der Waals surface area contributed by atoms with E-state index in [4.69, 9.17) is 4.74 Å². The van der Waals surface area contributed by atoms with E-state index in [1.807, 2.05) is 0 Å². The number of nitrogens with one attached hydrogen (secondary N) is 1. The maximum atomic E-state index is 11.9. The number of benzene rings is 1. The number of methoxy groups -OCH3 is 1. The summed E-state index contributed by atoms with van der Waals surface area (Å²) in [5.74, 6) is -0.756. The summed E-state index contributed by atoms with van der Waals surface area (Å²) in [4.78, 5) is 30.1. The molecule has 0 saturated heterocycles. The van der Waals surface area contributed by atoms with E-state index in [0.717, 1.165) is 0 Å². The molecule has 22 heavy (non-hydrogen) atoms. The Labute approximate surface area is 124 Å². The minimum atomic E-state index is -0.602. The standard InChI is InChI=1S/C14H12N4O4/c1-18-5-9(12(17-18)14(21)22-2)7-3-8-11(10(19)4-7)15-6-16-13(8)20/h3-6,19H,1-2H3,(H,15,16,20). The van der Waals surface area contributed by atoms with Crippen molar-refractivity contribution in [3.05, 3.63) is 40.7 Å². The second-order valence-electron chi connectivity index (χ2n) is 4.68. The molecule has 0 bridgehead atoms. The van der Waals surface area contributed by atoms with Crippen LogP contribution in [0.2, 0.25) is 0 Å². The molecule has 0 aliphatic carbocycles. The molecule has 0 aliphatic heterocycles. The number of ether oxygens (including phenoxy) is 1. The molecule has 0 atom stereocenters. The van der Waals surface area contributed by atoms with E-state index in [2.05, 4.69) is 15.1 Å². The van der Waals surface area contributed by atoms with E-state index in [-0.39, 0.29) is 27.9 Å². The van der Waals surface area contributed by atoms with Crippen molar-refractivity contribution in [2.45, 2.75) is 0 Å². The molecule has 1 aromatic carbocycles. The molecule has 2 N–H and O–H groups in total. The Morgan fingerprint density at radius 2 is 2.18 bits per heavy atom. The van der Waals surface area contributed by atoms with Crippen LogP contribution in [0.15, 0.2) is 29.5 Å². The number of aromatic amines is 1. The summed E-state index contributed by atoms with van der Waals surface area (Å²) in [6.07, 6.45) is 2.82. The normalized spacial score (nSPS) is 10.8. The van der Waals surface area contributed by atoms with Gasteiger partial charge in [-0.15, -0.1) is 0 Å². The van der Waals surface area contributed by atoms with Gasteiger partial charge in [0.15, 0.2) is 5.69 Å². The Hall–Kier alpha value is -3.16. The van der Waals surface area contributed by atoms with Gasteiger partial charge in [0.25, 0.3) is 5.56 Å². The molecule has 0 amide bonds. The number of carbonyl (C=O) groups excluding carboxylic acids is 1. The number of phenolic OH excluding ortho intramolecular Hbond substituents is 1. The minimum absolute atomic E-state index is 0.101. The summed E-state index contributed by atoms with van der Waals surface area (Å²) < 4.78 is 6.15. The molecule has 3 aromatic rings. The van der Waals surface area contributed by atoms with Crippen molar-refractivity contribution >= 4 is 16.9 Å². The predicted octanol–water partition coefficient (Wildman–Crippen LogP) is 0.816. The zero-order valence-corrected chi connectivity index (χ0v) is 11.8. The van der Waals surface area contributed by atoms with Crippen molar-refractivity contribution in [3.8, 4) is 16.9 Å². The van der Waals surface area contributed by atoms with Gasteiger partial charge in [0.1, 0.15) is 11.3 Å². The lowest BCUT2D eigenvalue weighted by molar-refractivity contribution is 0.0594. The molecule has 0 radical (unpaired) electrons. The number of esters is 1. The molecule has 0 spiro atoms. The highest BCUT2D eigenvalue weighted by atomic mass is 16.5. The van der Waals surface area contributed by atoms with Gasteiger partial charge in [-0.05, 0) is 17.7 Å². The number of carbonyl (C=O) groups is 1. The van der Waals surface area contributed by atoms with Gasteiger partial charge in [-0.25, -0.2) is 9.78 Å². The van der Waals surface area contributed by atoms with Crippen molar-refractivity contribution in [2.24, 2.45) is 7.05 Å². The Bertz CT molecular complexity index is 942. The van der Waals surface area contributed by atoms with Gasteiger partial charge >= 0.3 is 5.97 Å². The quantitative estimate of drug-likeness (QED) is 0.678. The van der Waals surface area contributed by atoms with Gasteiger partial charge in [0.2, 0.25) is 0 Å². The number of H-pyrrole nitrogens is 1. The maximum absolute atomic E-state index is 11.9. The summed E-state index contributed by atoms with van der Waals surface area (Å²) in [5, 5.41) is 14.3. The smallest absolute Gasteiger partial charge is 0.359 e. The van der Waals surface area contributed by atoms with Crippen molar-refractivity contribution in [2.75, 3.05) is 7.11 Å². The van der Waals surface area contributed by atoms with Crippen LogP contribution in [0.25, 0.3) is 22.0 Å². The SMILES string of the molecule is COC(=O)c1nn(C)cc1-c1cc(O)c2nc[nH]c(=O)c2c1. The van der Waals surface area contributed by atoms with Crippen LogP contribution in [0.5, 0.6) is 5.75 Å². The third kappa shape index (κ3) is 2.10. The van der Waals surface area contributed by atoms with Crippen molar-refractivity contribution in [1.82, 2.24) is 19.7 Å². The number of hydrogen-bond donors (Lipinski definition) is 2. The van der Waals surface area contributed by atoms with Crippen LogP contribution in [0.4, 0.5) is 0 Å². The largest absolute Gasteiger partial charge is 0.506 e. The Morgan fingerprint density at radius 3 is 2.91 bits per heavy atom. The summed E-state index contributed by atoms with van der Waals surface area (Å²) in [5.41, 5.74) is 0.831. The summed E-state index contributed by atoms with van der Waals surface area (Å²) in [7, 11) is 2.92. The first-order chi connectivity index (χ1) is 10.5. The van der Waals surface area contributed by atoms with Gasteiger partial charge in [0, 0.05) is 18.8 Å². The molecule has 2 aromatic heterocycles. The Kier molecular flexibility index (Phi) is 3.13. The maximum Gasteiger partial charge on any atom is 0.359 e. The van der Waals surface area contributed by atoms with E-state index in [1.165, 1.54) is 24.2 Å². The van der Waals surface area contributed by atoms with Crippen LogP contribution in [0, 0.1) is 0 Å². The fourth-order valence-corrected chi connectivity index (χ4v) is 2.26. The second-order valence-corrected chi connectivity index (χ2v) is 4.68. The number of fused-ring (bicyclic) bond motifs is 1. The van der Waals surface area contributed by atoms with E-state index in [0.29, 0.717) is 11.1 Å². The highest BCUT2D eigenvalue weighted by Gasteiger charge is 2.19. The number of aromatic hydroxyl groups is 1. The number of hydrogen-bond acceptors (Lipinski definition) is 6. The number of rotatable bonds is 2. The number of aryl methyl sites for hydroxylation is 1. The van der Waals surface area contributed by atoms with Crippen LogP contribution >= 0.6 is 0 Å². The van der Waals surface area contributed by atoms with Crippen molar-refractivity contribution < 1.29 is 14.6 Å². The zero-order valence-electron chi connectivity index (χ0n) is 11.8. The average molecular weight is 300 g/mol. The van der Waals surface area contributed by atoms with Crippen molar-refractivity contribution in [1.29, 1.82) is 0 Å². The Morgan fingerprint density at radius 1 is 1.41 bits per heavy atom. The molecular formula is C14H12N4O4. The number of nitrogens with zero attached hydrogens (tertiary/aromatic N) is 3. The highest BCUT2D eigenvalue weighted by molar-refractivity contribution is 5.97. The molecule has 8 nitrogen and oxygen atoms in total. The van der Waals surface area contributed by atoms with E-state index in [9.17, 15) is 14.7 Å². The molecule has 0 saturated carbocycles. The van der Waals surface area contributed by atoms with Gasteiger partial charge in [0.05, 0.1) is 18.8 Å². The zero-order chi connectivity index (χ0) is 15.9. The third-order valence-corrected chi connectivity index (χ3v) is 3.24. The van der Waals surface area contributed by atoms with Crippen LogP contribution < -0.4 is 5.56 Å². The topological polar surface area (TPSA) is 110 Å². The van der Waals surface area contributed by atoms with E-state index in [1.54, 1.807) is 19.3 Å². The first-order valence-corrected chi connectivity index (χ1v) is 6.34. The predicted molar refractivity (Wildman–Crippen MR) is 77.6 cm³/mol. The lowest BCUT2D eigenvalue weighted by Crippen LogP contribution is -2.07. The van der Waals surface area contributed by atoms with Crippen molar-refractivity contribution in [3.63, 3.8) is 0 Å². The molecular weight excluding hydrogens is 288 g/mol. The highest BCUT2D eigenvalue weighted by Crippen LogP contribution is 2.30. The van der Waals surface area contributed by atoms with Gasteiger partial charge in [-0.1, -0.05) is 0 Å². The molecule has 8 heteroatoms. The van der Waals surface area contributed by atoms with Crippen LogP contribution in [-0.2, 0) is 11.8 Å². The van der Waals surface area contributed by atoms with Crippen LogP contribution in [0.1, 0.15) is 10.5 Å². The van der Waals surface area contributed by atoms with Gasteiger partial charge in [-0.3, -0.25) is 9.48 Å². The fourth-order valence-electron chi connectivity index (χ4n) is 2.26. The van der Waals surface area contributed by atoms with E-state index >= 15 is 0 Å². The van der Waals surface area contributed by atoms with Crippen LogP contribution in [-0.4, -0.2) is 37.9 Å². The minimum Gasteiger partial charge on any atom is -0.506 e. The summed E-state index contributed by atoms with van der Waals surface area (Å²) in [6, 6.07) is 2.97. The summed E-state index contributed by atoms with van der Waals surface area (Å²) >= 11 is 0. The lowest BCUT2D eigenvalue weighted by Gasteiger charge is -2.05. The molecule has 0 unspecified atom stereocenters. The Balaban J connectivity index is 2.30. The second kappa shape index (κ2) is 4.99. The fraction of sp³-hybridized carbons (Fsp3) is 0.143. The van der Waals surface area contributed by atoms with Gasteiger partial charge < -0.3 is 14.8 Å². The van der Waals surface area contributed by atoms with E-state index < -0.39 is 5.97 Å². The molecule has 0 fully saturated rings. The monoisotopic (exact) mass is 300 g/mol. The molecule has 112 valence electrons. The number of aromatic nitrogens is 4. The first kappa shape index (κ1) is 13.8. The number of phenols is 1. The summed E-state index contributed by atoms with van der Waals surface area (Å²) in [6.45, 7) is 0. The molecule has 3 rings (SSSR count). The first-order valence-electron chi connectivity index (χ1n) is 6.34. The van der Waals surface area contributed by atoms with Crippen LogP contribution in [0.3, 0.4) is 0 Å². The van der Waals surface area contributed by atoms with Gasteiger partial charge in [-0.2, -0.15) is 5.10 Å². The lowest BCUT2D eigenvalue weighted by atomic mass is 10.0. The molecule has 2 heterocycles. The molecule has 0 aliphatic rings. The average Bonchev–Trinajstić information content (AvgIpc) is 2.89. The third-order valence-electron chi connectivity index (χ3n) is 3.24.